The standard InChI is InChI=1S/C15H14F2N2O5/c1-2-23-14(21)11-6-18-15(22)19-12(11)7-24-13(20)8-3-9(16)5-10(17)4-8/h3-5H,2,6-7H2,1H3,(H2,18,19,22). The summed E-state index contributed by atoms with van der Waals surface area (Å²) in [6, 6.07) is 1.66. The second-order valence-corrected chi connectivity index (χ2v) is 4.72. The van der Waals surface area contributed by atoms with Crippen LogP contribution in [0.2, 0.25) is 0 Å². The van der Waals surface area contributed by atoms with E-state index in [4.69, 9.17) is 9.47 Å². The van der Waals surface area contributed by atoms with Gasteiger partial charge in [-0.25, -0.2) is 23.2 Å². The molecule has 1 aliphatic heterocycles. The van der Waals surface area contributed by atoms with Gasteiger partial charge in [0.2, 0.25) is 0 Å². The third kappa shape index (κ3) is 4.28. The van der Waals surface area contributed by atoms with E-state index in [0.29, 0.717) is 6.07 Å². The van der Waals surface area contributed by atoms with E-state index in [2.05, 4.69) is 10.6 Å². The zero-order valence-corrected chi connectivity index (χ0v) is 12.7. The Balaban J connectivity index is 2.13. The number of amides is 2. The largest absolute Gasteiger partial charge is 0.463 e. The number of hydrogen-bond donors (Lipinski definition) is 2. The van der Waals surface area contributed by atoms with Gasteiger partial charge < -0.3 is 20.1 Å². The Morgan fingerprint density at radius 2 is 1.79 bits per heavy atom. The topological polar surface area (TPSA) is 93.7 Å². The minimum Gasteiger partial charge on any atom is -0.463 e. The Kier molecular flexibility index (Phi) is 5.46. The first-order valence-electron chi connectivity index (χ1n) is 6.98. The van der Waals surface area contributed by atoms with Crippen molar-refractivity contribution >= 4 is 18.0 Å². The van der Waals surface area contributed by atoms with Crippen LogP contribution in [0.5, 0.6) is 0 Å². The Morgan fingerprint density at radius 3 is 2.42 bits per heavy atom. The highest BCUT2D eigenvalue weighted by molar-refractivity contribution is 5.94. The number of ether oxygens (including phenoxy) is 2. The third-order valence-corrected chi connectivity index (χ3v) is 3.02. The first-order chi connectivity index (χ1) is 11.4. The van der Waals surface area contributed by atoms with Crippen molar-refractivity contribution in [3.63, 3.8) is 0 Å². The fourth-order valence-corrected chi connectivity index (χ4v) is 1.96. The van der Waals surface area contributed by atoms with Crippen molar-refractivity contribution in [2.24, 2.45) is 0 Å². The van der Waals surface area contributed by atoms with E-state index in [-0.39, 0.29) is 30.0 Å². The summed E-state index contributed by atoms with van der Waals surface area (Å²) in [6.07, 6.45) is 0. The third-order valence-electron chi connectivity index (χ3n) is 3.02. The summed E-state index contributed by atoms with van der Waals surface area (Å²) in [5, 5.41) is 4.73. The molecule has 0 aliphatic carbocycles. The lowest BCUT2D eigenvalue weighted by Crippen LogP contribution is -2.45. The van der Waals surface area contributed by atoms with Gasteiger partial charge in [0.25, 0.3) is 0 Å². The summed E-state index contributed by atoms with van der Waals surface area (Å²) in [7, 11) is 0. The molecule has 0 radical (unpaired) electrons. The van der Waals surface area contributed by atoms with Gasteiger partial charge in [0.15, 0.2) is 0 Å². The molecule has 1 aromatic carbocycles. The van der Waals surface area contributed by atoms with E-state index in [9.17, 15) is 23.2 Å². The van der Waals surface area contributed by atoms with Gasteiger partial charge in [0.1, 0.15) is 18.2 Å². The van der Waals surface area contributed by atoms with Crippen LogP contribution in [0.15, 0.2) is 29.5 Å². The van der Waals surface area contributed by atoms with E-state index in [1.165, 1.54) is 0 Å². The molecule has 1 aliphatic rings. The number of carbonyl (C=O) groups excluding carboxylic acids is 3. The molecule has 24 heavy (non-hydrogen) atoms. The number of nitrogens with one attached hydrogen (secondary N) is 2. The minimum atomic E-state index is -1.00. The highest BCUT2D eigenvalue weighted by Gasteiger charge is 2.24. The molecule has 0 spiro atoms. The Bertz CT molecular complexity index is 698. The van der Waals surface area contributed by atoms with Crippen LogP contribution >= 0.6 is 0 Å². The van der Waals surface area contributed by atoms with Gasteiger partial charge >= 0.3 is 18.0 Å². The van der Waals surface area contributed by atoms with Gasteiger partial charge in [0.05, 0.1) is 30.0 Å². The molecule has 1 aromatic rings. The molecule has 9 heteroatoms. The summed E-state index contributed by atoms with van der Waals surface area (Å²) in [4.78, 5) is 35.0. The maximum absolute atomic E-state index is 13.1. The lowest BCUT2D eigenvalue weighted by Gasteiger charge is -2.21. The average Bonchev–Trinajstić information content (AvgIpc) is 2.51. The minimum absolute atomic E-state index is 0.0439. The van der Waals surface area contributed by atoms with Crippen LogP contribution in [0.1, 0.15) is 17.3 Å². The molecule has 2 rings (SSSR count). The molecule has 0 unspecified atom stereocenters. The molecule has 0 saturated heterocycles. The van der Waals surface area contributed by atoms with E-state index in [1.54, 1.807) is 6.92 Å². The molecule has 0 fully saturated rings. The lowest BCUT2D eigenvalue weighted by atomic mass is 10.1. The number of rotatable bonds is 5. The molecule has 128 valence electrons. The number of benzene rings is 1. The van der Waals surface area contributed by atoms with Crippen LogP contribution in [0, 0.1) is 11.6 Å². The highest BCUT2D eigenvalue weighted by atomic mass is 19.1. The predicted octanol–water partition coefficient (Wildman–Crippen LogP) is 1.25. The van der Waals surface area contributed by atoms with Gasteiger partial charge in [-0.1, -0.05) is 0 Å². The van der Waals surface area contributed by atoms with Crippen molar-refractivity contribution in [3.8, 4) is 0 Å². The van der Waals surface area contributed by atoms with Gasteiger partial charge in [-0.15, -0.1) is 0 Å². The van der Waals surface area contributed by atoms with E-state index in [1.807, 2.05) is 0 Å². The summed E-state index contributed by atoms with van der Waals surface area (Å²) in [5.74, 6) is -3.53. The Morgan fingerprint density at radius 1 is 1.12 bits per heavy atom. The van der Waals surface area contributed by atoms with Crippen molar-refractivity contribution in [1.29, 1.82) is 0 Å². The first kappa shape index (κ1) is 17.4. The number of esters is 2. The molecule has 2 N–H and O–H groups in total. The Hall–Kier alpha value is -2.97. The van der Waals surface area contributed by atoms with Gasteiger partial charge in [-0.3, -0.25) is 0 Å². The molecular weight excluding hydrogens is 326 g/mol. The van der Waals surface area contributed by atoms with Crippen LogP contribution in [0.25, 0.3) is 0 Å². The quantitative estimate of drug-likeness (QED) is 0.787. The number of urea groups is 1. The maximum atomic E-state index is 13.1. The number of carbonyl (C=O) groups is 3. The SMILES string of the molecule is CCOC(=O)C1=C(COC(=O)c2cc(F)cc(F)c2)NC(=O)NC1. The fraction of sp³-hybridized carbons (Fsp3) is 0.267. The molecule has 0 atom stereocenters. The van der Waals surface area contributed by atoms with Crippen molar-refractivity contribution in [1.82, 2.24) is 10.6 Å². The number of halogens is 2. The Labute approximate surface area is 135 Å². The molecular formula is C15H14F2N2O5. The van der Waals surface area contributed by atoms with Crippen LogP contribution in [0.4, 0.5) is 13.6 Å². The van der Waals surface area contributed by atoms with Crippen LogP contribution in [0.3, 0.4) is 0 Å². The van der Waals surface area contributed by atoms with E-state index >= 15 is 0 Å². The van der Waals surface area contributed by atoms with Gasteiger partial charge in [-0.2, -0.15) is 0 Å². The normalized spacial score (nSPS) is 13.9. The second kappa shape index (κ2) is 7.53. The smallest absolute Gasteiger partial charge is 0.338 e. The molecule has 7 nitrogen and oxygen atoms in total. The molecule has 0 saturated carbocycles. The van der Waals surface area contributed by atoms with Gasteiger partial charge in [0, 0.05) is 6.07 Å². The van der Waals surface area contributed by atoms with Crippen LogP contribution < -0.4 is 10.6 Å². The summed E-state index contributed by atoms with van der Waals surface area (Å²) in [6.45, 7) is 1.20. The molecule has 2 amide bonds. The van der Waals surface area contributed by atoms with Crippen molar-refractivity contribution in [3.05, 3.63) is 46.7 Å². The number of hydrogen-bond acceptors (Lipinski definition) is 5. The van der Waals surface area contributed by atoms with Crippen molar-refractivity contribution in [2.45, 2.75) is 6.92 Å². The lowest BCUT2D eigenvalue weighted by molar-refractivity contribution is -0.138. The average molecular weight is 340 g/mol. The van der Waals surface area contributed by atoms with E-state index in [0.717, 1.165) is 12.1 Å². The van der Waals surface area contributed by atoms with Crippen molar-refractivity contribution in [2.75, 3.05) is 19.8 Å². The summed E-state index contributed by atoms with van der Waals surface area (Å²) < 4.78 is 36.0. The predicted molar refractivity (Wildman–Crippen MR) is 76.8 cm³/mol. The fourth-order valence-electron chi connectivity index (χ4n) is 1.96. The summed E-state index contributed by atoms with van der Waals surface area (Å²) in [5.41, 5.74) is -0.192. The van der Waals surface area contributed by atoms with Gasteiger partial charge in [-0.05, 0) is 19.1 Å². The zero-order chi connectivity index (χ0) is 17.7. The molecule has 1 heterocycles. The van der Waals surface area contributed by atoms with Crippen molar-refractivity contribution < 1.29 is 32.6 Å². The first-order valence-corrected chi connectivity index (χ1v) is 6.98. The maximum Gasteiger partial charge on any atom is 0.338 e. The second-order valence-electron chi connectivity index (χ2n) is 4.72. The monoisotopic (exact) mass is 340 g/mol. The highest BCUT2D eigenvalue weighted by Crippen LogP contribution is 2.12. The van der Waals surface area contributed by atoms with E-state index < -0.39 is 36.2 Å². The van der Waals surface area contributed by atoms with Crippen LogP contribution in [-0.4, -0.2) is 37.7 Å². The molecule has 0 bridgehead atoms. The van der Waals surface area contributed by atoms with Crippen LogP contribution in [-0.2, 0) is 14.3 Å². The zero-order valence-electron chi connectivity index (χ0n) is 12.7. The summed E-state index contributed by atoms with van der Waals surface area (Å²) >= 11 is 0. The molecule has 0 aromatic heterocycles.